The Bertz CT molecular complexity index is 680. The van der Waals surface area contributed by atoms with Crippen molar-refractivity contribution in [1.82, 2.24) is 5.32 Å². The lowest BCUT2D eigenvalue weighted by atomic mass is 10.3. The number of ether oxygens (including phenoxy) is 1. The van der Waals surface area contributed by atoms with Gasteiger partial charge in [0.1, 0.15) is 24.2 Å². The number of nitrogens with zero attached hydrogens (tertiary/aromatic N) is 1. The van der Waals surface area contributed by atoms with E-state index in [4.69, 9.17) is 9.15 Å². The SMILES string of the molecule is Cc1ccc(C(=O)NCC(O)COc2ccc([N+](=O)[O-])cc2)o1. The molecule has 2 rings (SSSR count). The van der Waals surface area contributed by atoms with E-state index in [1.807, 2.05) is 0 Å². The minimum atomic E-state index is -0.926. The number of rotatable bonds is 7. The third-order valence-corrected chi connectivity index (χ3v) is 2.95. The van der Waals surface area contributed by atoms with E-state index < -0.39 is 16.9 Å². The van der Waals surface area contributed by atoms with Gasteiger partial charge in [0.2, 0.25) is 0 Å². The molecule has 8 heteroatoms. The predicted molar refractivity (Wildman–Crippen MR) is 80.4 cm³/mol. The number of furan rings is 1. The fourth-order valence-electron chi connectivity index (χ4n) is 1.77. The zero-order valence-electron chi connectivity index (χ0n) is 12.4. The van der Waals surface area contributed by atoms with Crippen LogP contribution < -0.4 is 10.1 Å². The van der Waals surface area contributed by atoms with Crippen LogP contribution in [0.2, 0.25) is 0 Å². The second kappa shape index (κ2) is 7.41. The maximum absolute atomic E-state index is 11.7. The number of aliphatic hydroxyl groups excluding tert-OH is 1. The van der Waals surface area contributed by atoms with Crippen LogP contribution >= 0.6 is 0 Å². The number of carbonyl (C=O) groups is 1. The lowest BCUT2D eigenvalue weighted by molar-refractivity contribution is -0.384. The van der Waals surface area contributed by atoms with Crippen molar-refractivity contribution in [1.29, 1.82) is 0 Å². The highest BCUT2D eigenvalue weighted by Gasteiger charge is 2.13. The minimum absolute atomic E-state index is 0.00837. The number of aryl methyl sites for hydroxylation is 1. The molecule has 0 aliphatic rings. The van der Waals surface area contributed by atoms with Crippen molar-refractivity contribution < 1.29 is 24.0 Å². The Morgan fingerprint density at radius 1 is 1.35 bits per heavy atom. The number of aliphatic hydroxyl groups is 1. The molecule has 23 heavy (non-hydrogen) atoms. The Hall–Kier alpha value is -2.87. The fraction of sp³-hybridized carbons (Fsp3) is 0.267. The Balaban J connectivity index is 1.75. The van der Waals surface area contributed by atoms with Gasteiger partial charge in [0.05, 0.1) is 4.92 Å². The second-order valence-electron chi connectivity index (χ2n) is 4.84. The Morgan fingerprint density at radius 2 is 2.04 bits per heavy atom. The molecule has 0 aliphatic carbocycles. The zero-order chi connectivity index (χ0) is 16.8. The first-order chi connectivity index (χ1) is 11.0. The Kier molecular flexibility index (Phi) is 5.32. The second-order valence-corrected chi connectivity index (χ2v) is 4.84. The van der Waals surface area contributed by atoms with Crippen molar-refractivity contribution in [3.63, 3.8) is 0 Å². The first-order valence-corrected chi connectivity index (χ1v) is 6.85. The largest absolute Gasteiger partial charge is 0.491 e. The van der Waals surface area contributed by atoms with Crippen LogP contribution in [0.3, 0.4) is 0 Å². The summed E-state index contributed by atoms with van der Waals surface area (Å²) in [5.41, 5.74) is -0.0427. The van der Waals surface area contributed by atoms with Crippen molar-refractivity contribution in [2.75, 3.05) is 13.2 Å². The van der Waals surface area contributed by atoms with Crippen LogP contribution in [-0.2, 0) is 0 Å². The third kappa shape index (κ3) is 4.82. The van der Waals surface area contributed by atoms with Crippen molar-refractivity contribution in [2.45, 2.75) is 13.0 Å². The normalized spacial score (nSPS) is 11.7. The number of amides is 1. The first-order valence-electron chi connectivity index (χ1n) is 6.85. The van der Waals surface area contributed by atoms with Gasteiger partial charge in [-0.05, 0) is 31.2 Å². The number of hydrogen-bond donors (Lipinski definition) is 2. The molecule has 122 valence electrons. The smallest absolute Gasteiger partial charge is 0.287 e. The lowest BCUT2D eigenvalue weighted by Crippen LogP contribution is -2.35. The Labute approximate surface area is 131 Å². The van der Waals surface area contributed by atoms with Crippen molar-refractivity contribution >= 4 is 11.6 Å². The van der Waals surface area contributed by atoms with Crippen molar-refractivity contribution in [3.8, 4) is 5.75 Å². The number of hydrogen-bond acceptors (Lipinski definition) is 6. The van der Waals surface area contributed by atoms with E-state index in [0.29, 0.717) is 11.5 Å². The van der Waals surface area contributed by atoms with E-state index in [9.17, 15) is 20.0 Å². The highest BCUT2D eigenvalue weighted by atomic mass is 16.6. The van der Waals surface area contributed by atoms with Crippen LogP contribution in [0.15, 0.2) is 40.8 Å². The highest BCUT2D eigenvalue weighted by Crippen LogP contribution is 2.17. The van der Waals surface area contributed by atoms with E-state index in [1.54, 1.807) is 19.1 Å². The van der Waals surface area contributed by atoms with Gasteiger partial charge < -0.3 is 19.6 Å². The molecule has 1 heterocycles. The van der Waals surface area contributed by atoms with Crippen LogP contribution in [-0.4, -0.2) is 35.2 Å². The quantitative estimate of drug-likeness (QED) is 0.592. The molecule has 1 unspecified atom stereocenters. The summed E-state index contributed by atoms with van der Waals surface area (Å²) >= 11 is 0. The van der Waals surface area contributed by atoms with Gasteiger partial charge in [-0.1, -0.05) is 0 Å². The maximum Gasteiger partial charge on any atom is 0.287 e. The average molecular weight is 320 g/mol. The average Bonchev–Trinajstić information content (AvgIpc) is 2.97. The molecule has 0 radical (unpaired) electrons. The molecule has 1 amide bonds. The van der Waals surface area contributed by atoms with E-state index in [0.717, 1.165) is 0 Å². The van der Waals surface area contributed by atoms with Crippen molar-refractivity contribution in [3.05, 3.63) is 58.0 Å². The monoisotopic (exact) mass is 320 g/mol. The topological polar surface area (TPSA) is 115 Å². The minimum Gasteiger partial charge on any atom is -0.491 e. The molecular formula is C15H16N2O6. The maximum atomic E-state index is 11.7. The molecule has 0 saturated heterocycles. The molecule has 8 nitrogen and oxygen atoms in total. The summed E-state index contributed by atoms with van der Waals surface area (Å²) in [5.74, 6) is 0.762. The van der Waals surface area contributed by atoms with Gasteiger partial charge in [0.15, 0.2) is 5.76 Å². The van der Waals surface area contributed by atoms with Gasteiger partial charge in [-0.3, -0.25) is 14.9 Å². The molecule has 0 bridgehead atoms. The summed E-state index contributed by atoms with van der Waals surface area (Å²) in [4.78, 5) is 21.7. The van der Waals surface area contributed by atoms with Crippen LogP contribution in [0.25, 0.3) is 0 Å². The standard InChI is InChI=1S/C15H16N2O6/c1-10-2-7-14(23-10)15(19)16-8-12(18)9-22-13-5-3-11(4-6-13)17(20)21/h2-7,12,18H,8-9H2,1H3,(H,16,19). The summed E-state index contributed by atoms with van der Waals surface area (Å²) in [6.07, 6.45) is -0.926. The predicted octanol–water partition coefficient (Wildman–Crippen LogP) is 1.67. The van der Waals surface area contributed by atoms with Crippen LogP contribution in [0.1, 0.15) is 16.3 Å². The third-order valence-electron chi connectivity index (χ3n) is 2.95. The summed E-state index contributed by atoms with van der Waals surface area (Å²) in [6.45, 7) is 1.66. The van der Waals surface area contributed by atoms with Crippen molar-refractivity contribution in [2.24, 2.45) is 0 Å². The van der Waals surface area contributed by atoms with Gasteiger partial charge in [0, 0.05) is 18.7 Å². The molecule has 0 fully saturated rings. The molecule has 2 aromatic rings. The van der Waals surface area contributed by atoms with E-state index in [2.05, 4.69) is 5.32 Å². The zero-order valence-corrected chi connectivity index (χ0v) is 12.4. The number of carbonyl (C=O) groups excluding carboxylic acids is 1. The fourth-order valence-corrected chi connectivity index (χ4v) is 1.77. The van der Waals surface area contributed by atoms with Crippen LogP contribution in [0, 0.1) is 17.0 Å². The first kappa shape index (κ1) is 16.5. The summed E-state index contributed by atoms with van der Waals surface area (Å²) in [7, 11) is 0. The van der Waals surface area contributed by atoms with E-state index in [1.165, 1.54) is 24.3 Å². The molecule has 1 atom stereocenters. The molecule has 0 spiro atoms. The summed E-state index contributed by atoms with van der Waals surface area (Å²) < 4.78 is 10.5. The number of nitrogens with one attached hydrogen (secondary N) is 1. The summed E-state index contributed by atoms with van der Waals surface area (Å²) in [6, 6.07) is 8.71. The molecule has 1 aromatic carbocycles. The highest BCUT2D eigenvalue weighted by molar-refractivity contribution is 5.91. The number of benzene rings is 1. The van der Waals surface area contributed by atoms with Gasteiger partial charge in [-0.15, -0.1) is 0 Å². The van der Waals surface area contributed by atoms with E-state index in [-0.39, 0.29) is 24.6 Å². The van der Waals surface area contributed by atoms with Gasteiger partial charge in [-0.25, -0.2) is 0 Å². The number of nitro benzene ring substituents is 1. The van der Waals surface area contributed by atoms with Gasteiger partial charge in [-0.2, -0.15) is 0 Å². The lowest BCUT2D eigenvalue weighted by Gasteiger charge is -2.12. The number of non-ortho nitro benzene ring substituents is 1. The molecule has 1 aromatic heterocycles. The van der Waals surface area contributed by atoms with E-state index >= 15 is 0 Å². The number of nitro groups is 1. The van der Waals surface area contributed by atoms with Crippen LogP contribution in [0.4, 0.5) is 5.69 Å². The summed E-state index contributed by atoms with van der Waals surface area (Å²) in [5, 5.41) is 22.8. The Morgan fingerprint density at radius 3 is 2.61 bits per heavy atom. The molecule has 0 saturated carbocycles. The van der Waals surface area contributed by atoms with Gasteiger partial charge >= 0.3 is 0 Å². The molecular weight excluding hydrogens is 304 g/mol. The van der Waals surface area contributed by atoms with Gasteiger partial charge in [0.25, 0.3) is 11.6 Å². The molecule has 2 N–H and O–H groups in total. The molecule has 0 aliphatic heterocycles. The van der Waals surface area contributed by atoms with Crippen LogP contribution in [0.5, 0.6) is 5.75 Å².